The average molecular weight is 252 g/mol. The molecule has 2 aromatic rings. The molecular formula is C19H24. The molecular weight excluding hydrogens is 228 g/mol. The van der Waals surface area contributed by atoms with E-state index in [-0.39, 0.29) is 5.41 Å². The van der Waals surface area contributed by atoms with Gasteiger partial charge in [0.1, 0.15) is 0 Å². The molecule has 0 amide bonds. The average Bonchev–Trinajstić information content (AvgIpc) is 2.40. The normalized spacial score (nSPS) is 11.6. The molecule has 2 rings (SSSR count). The minimum absolute atomic E-state index is 0.248. The van der Waals surface area contributed by atoms with Crippen molar-refractivity contribution in [2.45, 2.75) is 46.0 Å². The number of hydrogen-bond donors (Lipinski definition) is 0. The Hall–Kier alpha value is -1.56. The zero-order valence-electron chi connectivity index (χ0n) is 12.5. The van der Waals surface area contributed by atoms with Crippen LogP contribution < -0.4 is 0 Å². The summed E-state index contributed by atoms with van der Waals surface area (Å²) in [6.07, 6.45) is 2.19. The summed E-state index contributed by atoms with van der Waals surface area (Å²) >= 11 is 0. The SMILES string of the molecule is CCC(C)(C)c1ccc(C)cc1Cc1ccccc1. The van der Waals surface area contributed by atoms with Crippen molar-refractivity contribution < 1.29 is 0 Å². The number of aryl methyl sites for hydroxylation is 1. The summed E-state index contributed by atoms with van der Waals surface area (Å²) in [6, 6.07) is 17.6. The van der Waals surface area contributed by atoms with Crippen LogP contribution in [0.3, 0.4) is 0 Å². The molecule has 0 aliphatic heterocycles. The Bertz CT molecular complexity index is 535. The molecule has 0 aliphatic rings. The Kier molecular flexibility index (Phi) is 4.09. The highest BCUT2D eigenvalue weighted by Gasteiger charge is 2.21. The van der Waals surface area contributed by atoms with Crippen molar-refractivity contribution in [2.75, 3.05) is 0 Å². The first-order valence-corrected chi connectivity index (χ1v) is 7.17. The minimum atomic E-state index is 0.248. The summed E-state index contributed by atoms with van der Waals surface area (Å²) in [6.45, 7) is 9.13. The van der Waals surface area contributed by atoms with Gasteiger partial charge in [-0.25, -0.2) is 0 Å². The van der Waals surface area contributed by atoms with E-state index < -0.39 is 0 Å². The van der Waals surface area contributed by atoms with E-state index in [1.165, 1.54) is 22.3 Å². The molecule has 0 bridgehead atoms. The molecule has 0 N–H and O–H groups in total. The Labute approximate surface area is 117 Å². The Morgan fingerprint density at radius 1 is 0.947 bits per heavy atom. The molecule has 19 heavy (non-hydrogen) atoms. The highest BCUT2D eigenvalue weighted by Crippen LogP contribution is 2.31. The van der Waals surface area contributed by atoms with E-state index in [4.69, 9.17) is 0 Å². The van der Waals surface area contributed by atoms with Crippen LogP contribution in [0.1, 0.15) is 49.4 Å². The van der Waals surface area contributed by atoms with E-state index in [1.54, 1.807) is 0 Å². The molecule has 0 aliphatic carbocycles. The standard InChI is InChI=1S/C19H24/c1-5-19(3,4)18-12-11-15(2)13-17(18)14-16-9-7-6-8-10-16/h6-13H,5,14H2,1-4H3. The fourth-order valence-electron chi connectivity index (χ4n) is 2.54. The maximum Gasteiger partial charge on any atom is -0.00227 e. The van der Waals surface area contributed by atoms with Crippen molar-refractivity contribution in [1.29, 1.82) is 0 Å². The minimum Gasteiger partial charge on any atom is -0.0646 e. The molecule has 0 unspecified atom stereocenters. The summed E-state index contributed by atoms with van der Waals surface area (Å²) in [5, 5.41) is 0. The topological polar surface area (TPSA) is 0 Å². The Morgan fingerprint density at radius 3 is 2.26 bits per heavy atom. The second kappa shape index (κ2) is 5.61. The molecule has 0 nitrogen and oxygen atoms in total. The second-order valence-corrected chi connectivity index (χ2v) is 6.06. The van der Waals surface area contributed by atoms with Gasteiger partial charge in [0.25, 0.3) is 0 Å². The molecule has 2 aromatic carbocycles. The van der Waals surface area contributed by atoms with Gasteiger partial charge in [-0.3, -0.25) is 0 Å². The van der Waals surface area contributed by atoms with Gasteiger partial charge < -0.3 is 0 Å². The lowest BCUT2D eigenvalue weighted by Gasteiger charge is -2.27. The molecule has 0 heterocycles. The predicted octanol–water partition coefficient (Wildman–Crippen LogP) is 5.27. The fourth-order valence-corrected chi connectivity index (χ4v) is 2.54. The number of benzene rings is 2. The second-order valence-electron chi connectivity index (χ2n) is 6.06. The molecule has 0 radical (unpaired) electrons. The van der Waals surface area contributed by atoms with Crippen LogP contribution in [0.25, 0.3) is 0 Å². The highest BCUT2D eigenvalue weighted by atomic mass is 14.3. The van der Waals surface area contributed by atoms with Crippen molar-refractivity contribution in [3.8, 4) is 0 Å². The third kappa shape index (κ3) is 3.26. The third-order valence-corrected chi connectivity index (χ3v) is 4.11. The lowest BCUT2D eigenvalue weighted by molar-refractivity contribution is 0.502. The summed E-state index contributed by atoms with van der Waals surface area (Å²) in [4.78, 5) is 0. The van der Waals surface area contributed by atoms with Gasteiger partial charge in [-0.1, -0.05) is 74.9 Å². The van der Waals surface area contributed by atoms with E-state index in [1.807, 2.05) is 0 Å². The van der Waals surface area contributed by atoms with Crippen molar-refractivity contribution in [3.05, 3.63) is 70.8 Å². The third-order valence-electron chi connectivity index (χ3n) is 4.11. The summed E-state index contributed by atoms with van der Waals surface area (Å²) in [7, 11) is 0. The lowest BCUT2D eigenvalue weighted by Crippen LogP contribution is -2.18. The van der Waals surface area contributed by atoms with Gasteiger partial charge in [-0.05, 0) is 41.9 Å². The predicted molar refractivity (Wildman–Crippen MR) is 83.7 cm³/mol. The molecule has 0 aromatic heterocycles. The van der Waals surface area contributed by atoms with Gasteiger partial charge in [0.2, 0.25) is 0 Å². The molecule has 0 atom stereocenters. The molecule has 0 saturated heterocycles. The maximum absolute atomic E-state index is 2.35. The van der Waals surface area contributed by atoms with E-state index in [0.29, 0.717) is 0 Å². The Morgan fingerprint density at radius 2 is 1.63 bits per heavy atom. The van der Waals surface area contributed by atoms with Crippen LogP contribution in [0.4, 0.5) is 0 Å². The van der Waals surface area contributed by atoms with Crippen LogP contribution in [0.2, 0.25) is 0 Å². The fraction of sp³-hybridized carbons (Fsp3) is 0.368. The zero-order valence-corrected chi connectivity index (χ0v) is 12.5. The summed E-state index contributed by atoms with van der Waals surface area (Å²) < 4.78 is 0. The lowest BCUT2D eigenvalue weighted by atomic mass is 9.78. The first kappa shape index (κ1) is 13.9. The molecule has 0 saturated carbocycles. The number of rotatable bonds is 4. The van der Waals surface area contributed by atoms with E-state index in [0.717, 1.165) is 12.8 Å². The van der Waals surface area contributed by atoms with E-state index in [2.05, 4.69) is 76.2 Å². The van der Waals surface area contributed by atoms with Gasteiger partial charge in [-0.2, -0.15) is 0 Å². The summed E-state index contributed by atoms with van der Waals surface area (Å²) in [5.41, 5.74) is 5.95. The van der Waals surface area contributed by atoms with Gasteiger partial charge >= 0.3 is 0 Å². The monoisotopic (exact) mass is 252 g/mol. The van der Waals surface area contributed by atoms with Crippen LogP contribution in [0.5, 0.6) is 0 Å². The van der Waals surface area contributed by atoms with Crippen molar-refractivity contribution in [1.82, 2.24) is 0 Å². The summed E-state index contributed by atoms with van der Waals surface area (Å²) in [5.74, 6) is 0. The van der Waals surface area contributed by atoms with Crippen molar-refractivity contribution in [3.63, 3.8) is 0 Å². The van der Waals surface area contributed by atoms with Gasteiger partial charge in [0.05, 0.1) is 0 Å². The smallest absolute Gasteiger partial charge is 0.00227 e. The van der Waals surface area contributed by atoms with Gasteiger partial charge in [0, 0.05) is 0 Å². The quantitative estimate of drug-likeness (QED) is 0.695. The van der Waals surface area contributed by atoms with Crippen LogP contribution in [-0.4, -0.2) is 0 Å². The van der Waals surface area contributed by atoms with Crippen LogP contribution >= 0.6 is 0 Å². The van der Waals surface area contributed by atoms with Crippen LogP contribution in [0.15, 0.2) is 48.5 Å². The molecule has 0 fully saturated rings. The van der Waals surface area contributed by atoms with Crippen LogP contribution in [-0.2, 0) is 11.8 Å². The highest BCUT2D eigenvalue weighted by molar-refractivity contribution is 5.39. The van der Waals surface area contributed by atoms with E-state index in [9.17, 15) is 0 Å². The van der Waals surface area contributed by atoms with E-state index >= 15 is 0 Å². The number of hydrogen-bond acceptors (Lipinski definition) is 0. The first-order chi connectivity index (χ1) is 9.03. The van der Waals surface area contributed by atoms with Crippen molar-refractivity contribution in [2.24, 2.45) is 0 Å². The first-order valence-electron chi connectivity index (χ1n) is 7.17. The Balaban J connectivity index is 2.41. The van der Waals surface area contributed by atoms with Crippen LogP contribution in [0, 0.1) is 6.92 Å². The van der Waals surface area contributed by atoms with Gasteiger partial charge in [0.15, 0.2) is 0 Å². The molecule has 100 valence electrons. The van der Waals surface area contributed by atoms with Crippen molar-refractivity contribution >= 4 is 0 Å². The van der Waals surface area contributed by atoms with Gasteiger partial charge in [-0.15, -0.1) is 0 Å². The zero-order chi connectivity index (χ0) is 13.9. The molecule has 0 spiro atoms. The maximum atomic E-state index is 2.35. The largest absolute Gasteiger partial charge is 0.0646 e. The molecule has 0 heteroatoms.